The molecule has 1 unspecified atom stereocenters. The van der Waals surface area contributed by atoms with Gasteiger partial charge in [-0.2, -0.15) is 0 Å². The van der Waals surface area contributed by atoms with Crippen LogP contribution in [0.2, 0.25) is 0 Å². The summed E-state index contributed by atoms with van der Waals surface area (Å²) >= 11 is 0. The standard InChI is InChI=1S/C21H28N4O/c1-3-25-20(26)18(17-7-5-4-6-8-17)15-21(25)9-12-24(13-10-21)16-19-22-11-14-23(19)2/h4-8,11,14,18H,3,9-10,12-13,15-16H2,1-2H3. The number of hydrogen-bond donors (Lipinski definition) is 0. The fraction of sp³-hybridized carbons (Fsp3) is 0.524. The second-order valence-electron chi connectivity index (χ2n) is 7.70. The van der Waals surface area contributed by atoms with Crippen LogP contribution in [0.3, 0.4) is 0 Å². The molecule has 0 radical (unpaired) electrons. The number of benzene rings is 1. The van der Waals surface area contributed by atoms with Gasteiger partial charge in [-0.15, -0.1) is 0 Å². The molecule has 1 spiro atoms. The van der Waals surface area contributed by atoms with E-state index in [-0.39, 0.29) is 11.5 Å². The minimum atomic E-state index is 0.0252. The number of carbonyl (C=O) groups is 1. The number of piperidine rings is 1. The number of aryl methyl sites for hydroxylation is 1. The highest BCUT2D eigenvalue weighted by Gasteiger charge is 2.51. The molecular formula is C21H28N4O. The van der Waals surface area contributed by atoms with Gasteiger partial charge in [-0.25, -0.2) is 4.98 Å². The lowest BCUT2D eigenvalue weighted by Crippen LogP contribution is -2.52. The van der Waals surface area contributed by atoms with Crippen molar-refractivity contribution < 1.29 is 4.79 Å². The van der Waals surface area contributed by atoms with E-state index < -0.39 is 0 Å². The quantitative estimate of drug-likeness (QED) is 0.850. The first kappa shape index (κ1) is 17.3. The van der Waals surface area contributed by atoms with Gasteiger partial charge in [-0.3, -0.25) is 9.69 Å². The molecule has 2 saturated heterocycles. The SMILES string of the molecule is CCN1C(=O)C(c2ccccc2)CC12CCN(Cc1nccn1C)CC2. The maximum atomic E-state index is 13.1. The molecule has 0 bridgehead atoms. The highest BCUT2D eigenvalue weighted by molar-refractivity contribution is 5.87. The smallest absolute Gasteiger partial charge is 0.230 e. The van der Waals surface area contributed by atoms with Gasteiger partial charge in [0.05, 0.1) is 12.5 Å². The van der Waals surface area contributed by atoms with Crippen molar-refractivity contribution in [2.24, 2.45) is 7.05 Å². The number of rotatable bonds is 4. The summed E-state index contributed by atoms with van der Waals surface area (Å²) in [6.45, 7) is 5.87. The molecule has 2 fully saturated rings. The van der Waals surface area contributed by atoms with E-state index >= 15 is 0 Å². The first-order chi connectivity index (χ1) is 12.6. The molecule has 138 valence electrons. The van der Waals surface area contributed by atoms with Gasteiger partial charge in [0, 0.05) is 44.6 Å². The molecule has 1 amide bonds. The Bertz CT molecular complexity index is 761. The van der Waals surface area contributed by atoms with Crippen molar-refractivity contribution in [1.29, 1.82) is 0 Å². The highest BCUT2D eigenvalue weighted by Crippen LogP contribution is 2.45. The van der Waals surface area contributed by atoms with Crippen LogP contribution in [0.1, 0.15) is 43.5 Å². The van der Waals surface area contributed by atoms with E-state index in [1.165, 1.54) is 5.56 Å². The van der Waals surface area contributed by atoms with Crippen LogP contribution in [0.25, 0.3) is 0 Å². The number of amides is 1. The van der Waals surface area contributed by atoms with Gasteiger partial charge < -0.3 is 9.47 Å². The van der Waals surface area contributed by atoms with E-state index in [0.717, 1.165) is 51.3 Å². The third-order valence-electron chi connectivity index (χ3n) is 6.31. The molecule has 3 heterocycles. The van der Waals surface area contributed by atoms with Crippen molar-refractivity contribution >= 4 is 5.91 Å². The molecular weight excluding hydrogens is 324 g/mol. The lowest BCUT2D eigenvalue weighted by atomic mass is 9.81. The summed E-state index contributed by atoms with van der Waals surface area (Å²) in [6, 6.07) is 10.3. The zero-order valence-electron chi connectivity index (χ0n) is 15.8. The van der Waals surface area contributed by atoms with E-state index in [1.54, 1.807) is 0 Å². The Balaban J connectivity index is 1.48. The third kappa shape index (κ3) is 2.94. The second-order valence-corrected chi connectivity index (χ2v) is 7.70. The molecule has 2 aliphatic heterocycles. The first-order valence-corrected chi connectivity index (χ1v) is 9.68. The Morgan fingerprint density at radius 3 is 2.54 bits per heavy atom. The summed E-state index contributed by atoms with van der Waals surface area (Å²) in [7, 11) is 2.05. The van der Waals surface area contributed by atoms with Crippen molar-refractivity contribution in [2.45, 2.75) is 44.2 Å². The van der Waals surface area contributed by atoms with Crippen molar-refractivity contribution in [1.82, 2.24) is 19.4 Å². The number of likely N-dealkylation sites (tertiary alicyclic amines) is 2. The number of carbonyl (C=O) groups excluding carboxylic acids is 1. The molecule has 5 heteroatoms. The van der Waals surface area contributed by atoms with Crippen molar-refractivity contribution in [2.75, 3.05) is 19.6 Å². The van der Waals surface area contributed by atoms with Crippen LogP contribution in [-0.2, 0) is 18.4 Å². The van der Waals surface area contributed by atoms with E-state index in [1.807, 2.05) is 37.6 Å². The molecule has 26 heavy (non-hydrogen) atoms. The maximum Gasteiger partial charge on any atom is 0.230 e. The average Bonchev–Trinajstić information content (AvgIpc) is 3.19. The molecule has 1 atom stereocenters. The Hall–Kier alpha value is -2.14. The molecule has 0 N–H and O–H groups in total. The van der Waals surface area contributed by atoms with Gasteiger partial charge in [0.2, 0.25) is 5.91 Å². The predicted octanol–water partition coefficient (Wildman–Crippen LogP) is 2.79. The molecule has 2 aliphatic rings. The van der Waals surface area contributed by atoms with E-state index in [2.05, 4.69) is 38.4 Å². The summed E-state index contributed by atoms with van der Waals surface area (Å²) in [5.74, 6) is 1.45. The van der Waals surface area contributed by atoms with E-state index in [0.29, 0.717) is 5.91 Å². The summed E-state index contributed by atoms with van der Waals surface area (Å²) in [5.41, 5.74) is 1.20. The lowest BCUT2D eigenvalue weighted by Gasteiger charge is -2.44. The van der Waals surface area contributed by atoms with Crippen molar-refractivity contribution in [3.63, 3.8) is 0 Å². The van der Waals surface area contributed by atoms with Crippen LogP contribution in [-0.4, -0.2) is 50.4 Å². The molecule has 5 nitrogen and oxygen atoms in total. The normalized spacial score (nSPS) is 23.1. The van der Waals surface area contributed by atoms with E-state index in [9.17, 15) is 4.79 Å². The highest BCUT2D eigenvalue weighted by atomic mass is 16.2. The topological polar surface area (TPSA) is 41.4 Å². The van der Waals surface area contributed by atoms with Crippen LogP contribution < -0.4 is 0 Å². The van der Waals surface area contributed by atoms with Crippen LogP contribution in [0, 0.1) is 0 Å². The molecule has 4 rings (SSSR count). The monoisotopic (exact) mass is 352 g/mol. The van der Waals surface area contributed by atoms with E-state index in [4.69, 9.17) is 0 Å². The zero-order valence-corrected chi connectivity index (χ0v) is 15.8. The Morgan fingerprint density at radius 2 is 1.92 bits per heavy atom. The Labute approximate surface area is 155 Å². The first-order valence-electron chi connectivity index (χ1n) is 9.68. The molecule has 0 saturated carbocycles. The van der Waals surface area contributed by atoms with Gasteiger partial charge in [0.25, 0.3) is 0 Å². The minimum absolute atomic E-state index is 0.0252. The molecule has 2 aromatic rings. The number of imidazole rings is 1. The molecule has 1 aromatic heterocycles. The maximum absolute atomic E-state index is 13.1. The fourth-order valence-corrected chi connectivity index (χ4v) is 4.79. The summed E-state index contributed by atoms with van der Waals surface area (Å²) in [6.07, 6.45) is 6.93. The van der Waals surface area contributed by atoms with Crippen LogP contribution in [0.15, 0.2) is 42.7 Å². The van der Waals surface area contributed by atoms with Gasteiger partial charge in [0.1, 0.15) is 5.82 Å². The van der Waals surface area contributed by atoms with Crippen LogP contribution in [0.5, 0.6) is 0 Å². The number of hydrogen-bond acceptors (Lipinski definition) is 3. The fourth-order valence-electron chi connectivity index (χ4n) is 4.79. The largest absolute Gasteiger partial charge is 0.337 e. The van der Waals surface area contributed by atoms with Gasteiger partial charge in [-0.1, -0.05) is 30.3 Å². The number of likely N-dealkylation sites (N-methyl/N-ethyl adjacent to an activating group) is 1. The summed E-state index contributed by atoms with van der Waals surface area (Å²) < 4.78 is 2.09. The summed E-state index contributed by atoms with van der Waals surface area (Å²) in [4.78, 5) is 22.2. The predicted molar refractivity (Wildman–Crippen MR) is 102 cm³/mol. The second kappa shape index (κ2) is 6.88. The number of nitrogens with zero attached hydrogens (tertiary/aromatic N) is 4. The Kier molecular flexibility index (Phi) is 4.57. The van der Waals surface area contributed by atoms with Crippen LogP contribution in [0.4, 0.5) is 0 Å². The van der Waals surface area contributed by atoms with Crippen molar-refractivity contribution in [3.8, 4) is 0 Å². The average molecular weight is 352 g/mol. The van der Waals surface area contributed by atoms with Gasteiger partial charge in [-0.05, 0) is 31.7 Å². The van der Waals surface area contributed by atoms with Crippen molar-refractivity contribution in [3.05, 3.63) is 54.1 Å². The Morgan fingerprint density at radius 1 is 1.19 bits per heavy atom. The van der Waals surface area contributed by atoms with Gasteiger partial charge >= 0.3 is 0 Å². The zero-order chi connectivity index (χ0) is 18.1. The minimum Gasteiger partial charge on any atom is -0.337 e. The number of aromatic nitrogens is 2. The molecule has 1 aromatic carbocycles. The van der Waals surface area contributed by atoms with Gasteiger partial charge in [0.15, 0.2) is 0 Å². The third-order valence-corrected chi connectivity index (χ3v) is 6.31. The van der Waals surface area contributed by atoms with Crippen LogP contribution >= 0.6 is 0 Å². The summed E-state index contributed by atoms with van der Waals surface area (Å²) in [5, 5.41) is 0. The molecule has 0 aliphatic carbocycles. The lowest BCUT2D eigenvalue weighted by molar-refractivity contribution is -0.133.